The lowest BCUT2D eigenvalue weighted by Crippen LogP contribution is -2.38. The minimum Gasteiger partial charge on any atom is -0.473 e. The summed E-state index contributed by atoms with van der Waals surface area (Å²) in [5, 5.41) is 6.14. The Morgan fingerprint density at radius 2 is 1.89 bits per heavy atom. The van der Waals surface area contributed by atoms with Gasteiger partial charge in [-0.25, -0.2) is 4.79 Å². The number of carbonyl (C=O) groups excluding carboxylic acids is 1. The molecular formula is C14H21ClN2O2. The maximum atomic E-state index is 11.4. The Morgan fingerprint density at radius 1 is 1.26 bits per heavy atom. The average Bonchev–Trinajstić information content (AvgIpc) is 2.36. The van der Waals surface area contributed by atoms with Gasteiger partial charge in [0.15, 0.2) is 6.73 Å². The van der Waals surface area contributed by atoms with Gasteiger partial charge in [0, 0.05) is 11.6 Å². The summed E-state index contributed by atoms with van der Waals surface area (Å²) in [7, 11) is 0. The number of aryl methyl sites for hydroxylation is 2. The van der Waals surface area contributed by atoms with E-state index in [1.165, 1.54) is 0 Å². The van der Waals surface area contributed by atoms with E-state index in [9.17, 15) is 4.79 Å². The van der Waals surface area contributed by atoms with Crippen LogP contribution in [0.4, 0.5) is 4.79 Å². The second kappa shape index (κ2) is 7.89. The van der Waals surface area contributed by atoms with E-state index in [-0.39, 0.29) is 12.8 Å². The van der Waals surface area contributed by atoms with Gasteiger partial charge in [0.2, 0.25) is 0 Å². The normalized spacial score (nSPS) is 10.1. The molecule has 0 aliphatic carbocycles. The molecule has 1 aromatic rings. The number of unbranched alkanes of at least 4 members (excludes halogenated alkanes) is 1. The largest absolute Gasteiger partial charge is 0.473 e. The lowest BCUT2D eigenvalue weighted by atomic mass is 10.1. The van der Waals surface area contributed by atoms with E-state index in [1.54, 1.807) is 0 Å². The van der Waals surface area contributed by atoms with Crippen molar-refractivity contribution in [1.82, 2.24) is 10.6 Å². The molecule has 2 amide bonds. The van der Waals surface area contributed by atoms with Crippen molar-refractivity contribution in [2.24, 2.45) is 0 Å². The molecule has 19 heavy (non-hydrogen) atoms. The highest BCUT2D eigenvalue weighted by Crippen LogP contribution is 2.25. The predicted octanol–water partition coefficient (Wildman–Crippen LogP) is 3.39. The average molecular weight is 285 g/mol. The molecule has 0 bridgehead atoms. The molecule has 0 heterocycles. The smallest absolute Gasteiger partial charge is 0.317 e. The zero-order valence-corrected chi connectivity index (χ0v) is 12.4. The molecule has 0 radical (unpaired) electrons. The number of urea groups is 1. The Labute approximate surface area is 119 Å². The summed E-state index contributed by atoms with van der Waals surface area (Å²) in [6, 6.07) is 3.49. The van der Waals surface area contributed by atoms with Gasteiger partial charge >= 0.3 is 6.03 Å². The fourth-order valence-electron chi connectivity index (χ4n) is 1.62. The van der Waals surface area contributed by atoms with Gasteiger partial charge in [-0.1, -0.05) is 24.9 Å². The molecule has 0 aliphatic heterocycles. The van der Waals surface area contributed by atoms with Crippen LogP contribution in [0.25, 0.3) is 0 Å². The molecule has 1 rings (SSSR count). The standard InChI is InChI=1S/C14H21ClN2O2/c1-4-5-6-16-14(18)17-9-19-12-7-10(2)13(15)11(3)8-12/h7-8H,4-6,9H2,1-3H3,(H2,16,17,18). The minimum atomic E-state index is -0.212. The molecule has 4 nitrogen and oxygen atoms in total. The summed E-state index contributed by atoms with van der Waals surface area (Å²) in [6.45, 7) is 6.74. The zero-order valence-electron chi connectivity index (χ0n) is 11.7. The van der Waals surface area contributed by atoms with Crippen LogP contribution in [-0.4, -0.2) is 19.3 Å². The first-order valence-corrected chi connectivity index (χ1v) is 6.83. The van der Waals surface area contributed by atoms with E-state index < -0.39 is 0 Å². The number of benzene rings is 1. The van der Waals surface area contributed by atoms with Crippen LogP contribution in [0.2, 0.25) is 5.02 Å². The fraction of sp³-hybridized carbons (Fsp3) is 0.500. The van der Waals surface area contributed by atoms with Gasteiger partial charge in [-0.3, -0.25) is 0 Å². The zero-order chi connectivity index (χ0) is 14.3. The quantitative estimate of drug-likeness (QED) is 0.621. The monoisotopic (exact) mass is 284 g/mol. The van der Waals surface area contributed by atoms with E-state index in [0.717, 1.165) is 29.0 Å². The maximum Gasteiger partial charge on any atom is 0.317 e. The molecule has 0 atom stereocenters. The highest BCUT2D eigenvalue weighted by molar-refractivity contribution is 6.32. The van der Waals surface area contributed by atoms with Gasteiger partial charge in [0.25, 0.3) is 0 Å². The van der Waals surface area contributed by atoms with Crippen molar-refractivity contribution in [2.75, 3.05) is 13.3 Å². The highest BCUT2D eigenvalue weighted by atomic mass is 35.5. The number of hydrogen-bond acceptors (Lipinski definition) is 2. The van der Waals surface area contributed by atoms with Gasteiger partial charge in [0.1, 0.15) is 5.75 Å². The highest BCUT2D eigenvalue weighted by Gasteiger charge is 2.04. The molecule has 0 spiro atoms. The number of halogens is 1. The first-order chi connectivity index (χ1) is 9.04. The Hall–Kier alpha value is -1.42. The van der Waals surface area contributed by atoms with Crippen LogP contribution in [-0.2, 0) is 0 Å². The SMILES string of the molecule is CCCCNC(=O)NCOc1cc(C)c(Cl)c(C)c1. The number of nitrogens with one attached hydrogen (secondary N) is 2. The van der Waals surface area contributed by atoms with Gasteiger partial charge in [-0.05, 0) is 43.5 Å². The van der Waals surface area contributed by atoms with Crippen molar-refractivity contribution in [1.29, 1.82) is 0 Å². The van der Waals surface area contributed by atoms with Crippen molar-refractivity contribution in [3.8, 4) is 5.75 Å². The van der Waals surface area contributed by atoms with Gasteiger partial charge in [-0.15, -0.1) is 0 Å². The molecule has 1 aromatic carbocycles. The van der Waals surface area contributed by atoms with E-state index in [0.29, 0.717) is 12.3 Å². The van der Waals surface area contributed by atoms with E-state index in [4.69, 9.17) is 16.3 Å². The number of ether oxygens (including phenoxy) is 1. The second-order valence-corrected chi connectivity index (χ2v) is 4.82. The predicted molar refractivity (Wildman–Crippen MR) is 77.9 cm³/mol. The summed E-state index contributed by atoms with van der Waals surface area (Å²) in [4.78, 5) is 11.4. The van der Waals surface area contributed by atoms with Crippen molar-refractivity contribution < 1.29 is 9.53 Å². The Bertz CT molecular complexity index is 412. The van der Waals surface area contributed by atoms with Crippen molar-refractivity contribution in [2.45, 2.75) is 33.6 Å². The Balaban J connectivity index is 2.35. The van der Waals surface area contributed by atoms with Crippen LogP contribution in [0.15, 0.2) is 12.1 Å². The molecule has 106 valence electrons. The molecular weight excluding hydrogens is 264 g/mol. The second-order valence-electron chi connectivity index (χ2n) is 4.45. The lowest BCUT2D eigenvalue weighted by molar-refractivity contribution is 0.224. The molecule has 2 N–H and O–H groups in total. The summed E-state index contributed by atoms with van der Waals surface area (Å²) in [6.07, 6.45) is 2.03. The molecule has 0 saturated carbocycles. The third kappa shape index (κ3) is 5.39. The first-order valence-electron chi connectivity index (χ1n) is 6.45. The van der Waals surface area contributed by atoms with Gasteiger partial charge in [-0.2, -0.15) is 0 Å². The van der Waals surface area contributed by atoms with Gasteiger partial charge < -0.3 is 15.4 Å². The third-order valence-electron chi connectivity index (χ3n) is 2.70. The van der Waals surface area contributed by atoms with E-state index in [2.05, 4.69) is 17.6 Å². The minimum absolute atomic E-state index is 0.137. The number of amides is 2. The van der Waals surface area contributed by atoms with Crippen LogP contribution in [0.1, 0.15) is 30.9 Å². The Kier molecular flexibility index (Phi) is 6.50. The molecule has 0 aliphatic rings. The number of carbonyl (C=O) groups is 1. The Morgan fingerprint density at radius 3 is 2.47 bits per heavy atom. The topological polar surface area (TPSA) is 50.4 Å². The fourth-order valence-corrected chi connectivity index (χ4v) is 1.72. The third-order valence-corrected chi connectivity index (χ3v) is 3.29. The summed E-state index contributed by atoms with van der Waals surface area (Å²) >= 11 is 6.07. The maximum absolute atomic E-state index is 11.4. The van der Waals surface area contributed by atoms with Crippen LogP contribution >= 0.6 is 11.6 Å². The van der Waals surface area contributed by atoms with Crippen LogP contribution in [0.3, 0.4) is 0 Å². The van der Waals surface area contributed by atoms with Crippen LogP contribution in [0.5, 0.6) is 5.75 Å². The number of hydrogen-bond donors (Lipinski definition) is 2. The first kappa shape index (κ1) is 15.6. The summed E-state index contributed by atoms with van der Waals surface area (Å²) in [5.74, 6) is 0.702. The molecule has 5 heteroatoms. The summed E-state index contributed by atoms with van der Waals surface area (Å²) < 4.78 is 5.47. The van der Waals surface area contributed by atoms with E-state index >= 15 is 0 Å². The van der Waals surface area contributed by atoms with Crippen LogP contribution < -0.4 is 15.4 Å². The molecule has 0 unspecified atom stereocenters. The molecule has 0 fully saturated rings. The van der Waals surface area contributed by atoms with Crippen molar-refractivity contribution >= 4 is 17.6 Å². The van der Waals surface area contributed by atoms with Crippen LogP contribution in [0, 0.1) is 13.8 Å². The van der Waals surface area contributed by atoms with Gasteiger partial charge in [0.05, 0.1) is 0 Å². The molecule has 0 aromatic heterocycles. The van der Waals surface area contributed by atoms with Crippen molar-refractivity contribution in [3.05, 3.63) is 28.3 Å². The molecule has 0 saturated heterocycles. The summed E-state index contributed by atoms with van der Waals surface area (Å²) in [5.41, 5.74) is 1.92. The lowest BCUT2D eigenvalue weighted by Gasteiger charge is -2.11. The van der Waals surface area contributed by atoms with E-state index in [1.807, 2.05) is 26.0 Å². The number of rotatable bonds is 6. The van der Waals surface area contributed by atoms with Crippen molar-refractivity contribution in [3.63, 3.8) is 0 Å².